The van der Waals surface area contributed by atoms with Gasteiger partial charge >= 0.3 is 25.8 Å². The Morgan fingerprint density at radius 2 is 0.818 bits per heavy atom. The topological polar surface area (TPSA) is 42.3 Å². The van der Waals surface area contributed by atoms with Gasteiger partial charge in [-0.2, -0.15) is 57.0 Å². The smallest absolute Gasteiger partial charge is 0.663 e. The summed E-state index contributed by atoms with van der Waals surface area (Å²) < 4.78 is 0. The predicted octanol–water partition coefficient (Wildman–Crippen LogP) is 5.91. The molecule has 0 unspecified atom stereocenters. The van der Waals surface area contributed by atoms with Crippen molar-refractivity contribution < 1.29 is 25.8 Å². The van der Waals surface area contributed by atoms with E-state index in [-0.39, 0.29) is 25.8 Å². The van der Waals surface area contributed by atoms with Crippen LogP contribution in [0.4, 0.5) is 0 Å². The Bertz CT molecular complexity index is 206. The number of rotatable bonds is 6. The summed E-state index contributed by atoms with van der Waals surface area (Å²) in [6.07, 6.45) is 0. The van der Waals surface area contributed by atoms with Gasteiger partial charge in [-0.3, -0.25) is 0 Å². The average Bonchev–Trinajstić information content (AvgIpc) is 2.95. The molecular formula is C18H37HfN3. The van der Waals surface area contributed by atoms with Crippen LogP contribution in [0.5, 0.6) is 0 Å². The molecule has 22 heavy (non-hydrogen) atoms. The van der Waals surface area contributed by atoms with E-state index in [9.17, 15) is 0 Å². The van der Waals surface area contributed by atoms with Gasteiger partial charge in [-0.05, 0) is 0 Å². The molecule has 3 nitrogen and oxygen atoms in total. The van der Waals surface area contributed by atoms with Crippen molar-refractivity contribution in [2.45, 2.75) is 48.5 Å². The second-order valence-electron chi connectivity index (χ2n) is 4.03. The summed E-state index contributed by atoms with van der Waals surface area (Å²) in [5, 5.41) is 11.9. The van der Waals surface area contributed by atoms with E-state index in [4.69, 9.17) is 0 Å². The largest absolute Gasteiger partial charge is 4.00 e. The monoisotopic (exact) mass is 475 g/mol. The van der Waals surface area contributed by atoms with E-state index in [2.05, 4.69) is 35.0 Å². The molecule has 0 saturated heterocycles. The summed E-state index contributed by atoms with van der Waals surface area (Å²) in [7, 11) is 0. The van der Waals surface area contributed by atoms with Crippen molar-refractivity contribution in [1.82, 2.24) is 0 Å². The predicted molar refractivity (Wildman–Crippen MR) is 100 cm³/mol. The molecule has 0 atom stereocenters. The molecule has 0 aromatic heterocycles. The van der Waals surface area contributed by atoms with Crippen LogP contribution in [0.15, 0.2) is 24.3 Å². The van der Waals surface area contributed by atoms with Crippen LogP contribution in [0.1, 0.15) is 47.1 Å². The van der Waals surface area contributed by atoms with Gasteiger partial charge in [0, 0.05) is 0 Å². The maximum atomic E-state index is 3.97. The van der Waals surface area contributed by atoms with Crippen molar-refractivity contribution in [3.8, 4) is 0 Å². The van der Waals surface area contributed by atoms with Gasteiger partial charge in [-0.25, -0.2) is 12.1 Å². The molecule has 0 amide bonds. The summed E-state index contributed by atoms with van der Waals surface area (Å²) in [6.45, 7) is 20.2. The summed E-state index contributed by atoms with van der Waals surface area (Å²) in [6, 6.07) is 8.24. The Balaban J connectivity index is -0.0000000973. The van der Waals surface area contributed by atoms with E-state index < -0.39 is 0 Å². The quantitative estimate of drug-likeness (QED) is 0.364. The zero-order valence-corrected chi connectivity index (χ0v) is 19.5. The maximum Gasteiger partial charge on any atom is 4.00 e. The molecule has 128 valence electrons. The molecule has 0 aliphatic heterocycles. The van der Waals surface area contributed by atoms with Crippen LogP contribution in [0.25, 0.3) is 16.0 Å². The van der Waals surface area contributed by atoms with Gasteiger partial charge in [-0.15, -0.1) is 0 Å². The summed E-state index contributed by atoms with van der Waals surface area (Å²) in [5.41, 5.74) is 1.34. The summed E-state index contributed by atoms with van der Waals surface area (Å²) in [4.78, 5) is 0. The Kier molecular flexibility index (Phi) is 44.9. The summed E-state index contributed by atoms with van der Waals surface area (Å²) >= 11 is 0. The standard InChI is InChI=1S/C6H7.3C4H10N.Hf/c1-6-4-2-3-5-6;3*1-3-5-4-2;/h2-5H,1H3;3*3-4H2,1-2H3;/q4*-1;+4. The minimum atomic E-state index is 0. The Morgan fingerprint density at radius 1 is 0.591 bits per heavy atom. The Hall–Kier alpha value is 0.100. The minimum Gasteiger partial charge on any atom is -0.663 e. The zero-order valence-electron chi connectivity index (χ0n) is 15.9. The second-order valence-corrected chi connectivity index (χ2v) is 4.03. The molecule has 0 aliphatic rings. The second kappa shape index (κ2) is 32.9. The first-order valence-corrected chi connectivity index (χ1v) is 8.22. The van der Waals surface area contributed by atoms with E-state index in [0.29, 0.717) is 0 Å². The molecule has 0 fully saturated rings. The first-order valence-electron chi connectivity index (χ1n) is 8.22. The normalized spacial score (nSPS) is 8.14. The van der Waals surface area contributed by atoms with E-state index in [1.54, 1.807) is 0 Å². The number of aryl methyl sites for hydroxylation is 1. The van der Waals surface area contributed by atoms with E-state index in [0.717, 1.165) is 39.3 Å². The van der Waals surface area contributed by atoms with Gasteiger partial charge in [0.25, 0.3) is 0 Å². The molecule has 0 aliphatic carbocycles. The molecule has 0 N–H and O–H groups in total. The van der Waals surface area contributed by atoms with Crippen molar-refractivity contribution >= 4 is 0 Å². The molecule has 1 rings (SSSR count). The fourth-order valence-electron chi connectivity index (χ4n) is 1.14. The third kappa shape index (κ3) is 42.7. The van der Waals surface area contributed by atoms with Crippen LogP contribution < -0.4 is 0 Å². The van der Waals surface area contributed by atoms with E-state index in [1.807, 2.05) is 53.7 Å². The molecule has 0 spiro atoms. The van der Waals surface area contributed by atoms with Crippen LogP contribution in [0, 0.1) is 6.92 Å². The van der Waals surface area contributed by atoms with Crippen molar-refractivity contribution in [1.29, 1.82) is 0 Å². The molecule has 0 saturated carbocycles. The number of hydrogen-bond acceptors (Lipinski definition) is 0. The molecule has 0 radical (unpaired) electrons. The van der Waals surface area contributed by atoms with E-state index in [1.165, 1.54) is 5.56 Å². The molecule has 1 aromatic rings. The van der Waals surface area contributed by atoms with Gasteiger partial charge in [0.15, 0.2) is 0 Å². The third-order valence-electron chi connectivity index (χ3n) is 2.17. The van der Waals surface area contributed by atoms with Gasteiger partial charge in [-0.1, -0.05) is 48.5 Å². The van der Waals surface area contributed by atoms with Crippen LogP contribution in [-0.2, 0) is 25.8 Å². The number of nitrogens with zero attached hydrogens (tertiary/aromatic N) is 3. The van der Waals surface area contributed by atoms with Crippen molar-refractivity contribution in [3.05, 3.63) is 45.8 Å². The minimum absolute atomic E-state index is 0. The molecule has 4 heteroatoms. The molecule has 0 heterocycles. The van der Waals surface area contributed by atoms with Gasteiger partial charge in [0.1, 0.15) is 0 Å². The van der Waals surface area contributed by atoms with Gasteiger partial charge in [0.2, 0.25) is 0 Å². The molecule has 0 bridgehead atoms. The van der Waals surface area contributed by atoms with Gasteiger partial charge in [0.05, 0.1) is 0 Å². The van der Waals surface area contributed by atoms with Crippen molar-refractivity contribution in [2.75, 3.05) is 39.3 Å². The van der Waals surface area contributed by atoms with Crippen molar-refractivity contribution in [3.63, 3.8) is 0 Å². The van der Waals surface area contributed by atoms with Crippen LogP contribution >= 0.6 is 0 Å². The first-order chi connectivity index (χ1) is 10.1. The average molecular weight is 474 g/mol. The maximum absolute atomic E-state index is 3.97. The fraction of sp³-hybridized carbons (Fsp3) is 0.722. The molecule has 1 aromatic carbocycles. The van der Waals surface area contributed by atoms with Gasteiger partial charge < -0.3 is 16.0 Å². The first kappa shape index (κ1) is 30.0. The molecular weight excluding hydrogens is 437 g/mol. The van der Waals surface area contributed by atoms with Crippen LogP contribution in [0.3, 0.4) is 0 Å². The Labute approximate surface area is 159 Å². The summed E-state index contributed by atoms with van der Waals surface area (Å²) in [5.74, 6) is 0. The van der Waals surface area contributed by atoms with Crippen LogP contribution in [-0.4, -0.2) is 39.3 Å². The zero-order chi connectivity index (χ0) is 16.8. The Morgan fingerprint density at radius 3 is 0.864 bits per heavy atom. The SMILES string of the molecule is CC[N-]CC.CC[N-]CC.CC[N-]CC.C[c-]1cccc1.[Hf+4]. The number of hydrogen-bond donors (Lipinski definition) is 0. The van der Waals surface area contributed by atoms with Crippen LogP contribution in [0.2, 0.25) is 0 Å². The third-order valence-corrected chi connectivity index (χ3v) is 2.17. The fourth-order valence-corrected chi connectivity index (χ4v) is 1.14. The van der Waals surface area contributed by atoms with E-state index >= 15 is 0 Å². The van der Waals surface area contributed by atoms with Crippen molar-refractivity contribution in [2.24, 2.45) is 0 Å².